The van der Waals surface area contributed by atoms with Gasteiger partial charge in [-0.2, -0.15) is 0 Å². The molecular weight excluding hydrogens is 196 g/mol. The lowest BCUT2D eigenvalue weighted by Gasteiger charge is -2.35. The van der Waals surface area contributed by atoms with Crippen molar-refractivity contribution in [2.75, 3.05) is 19.6 Å². The Balaban J connectivity index is 1.90. The van der Waals surface area contributed by atoms with E-state index in [-0.39, 0.29) is 0 Å². The quantitative estimate of drug-likeness (QED) is 0.723. The lowest BCUT2D eigenvalue weighted by atomic mass is 9.74. The molecule has 0 aromatic carbocycles. The van der Waals surface area contributed by atoms with Crippen LogP contribution in [0.3, 0.4) is 0 Å². The van der Waals surface area contributed by atoms with Gasteiger partial charge >= 0.3 is 0 Å². The van der Waals surface area contributed by atoms with E-state index in [1.807, 2.05) is 0 Å². The first-order chi connectivity index (χ1) is 7.92. The van der Waals surface area contributed by atoms with E-state index in [4.69, 9.17) is 5.73 Å². The van der Waals surface area contributed by atoms with Gasteiger partial charge in [0, 0.05) is 0 Å². The minimum Gasteiger partial charge on any atom is -0.330 e. The molecule has 1 heterocycles. The highest BCUT2D eigenvalue weighted by atomic mass is 14.9. The van der Waals surface area contributed by atoms with Crippen LogP contribution in [-0.4, -0.2) is 19.6 Å². The van der Waals surface area contributed by atoms with E-state index in [1.54, 1.807) is 0 Å². The fourth-order valence-corrected chi connectivity index (χ4v) is 3.78. The van der Waals surface area contributed by atoms with Crippen LogP contribution < -0.4 is 11.1 Å². The Kier molecular flexibility index (Phi) is 5.11. The lowest BCUT2D eigenvalue weighted by molar-refractivity contribution is 0.176. The van der Waals surface area contributed by atoms with Gasteiger partial charge in [-0.15, -0.1) is 0 Å². The zero-order valence-electron chi connectivity index (χ0n) is 10.6. The van der Waals surface area contributed by atoms with E-state index in [9.17, 15) is 0 Å². The normalized spacial score (nSPS) is 27.6. The summed E-state index contributed by atoms with van der Waals surface area (Å²) in [7, 11) is 0. The molecule has 94 valence electrons. The topological polar surface area (TPSA) is 38.0 Å². The summed E-state index contributed by atoms with van der Waals surface area (Å²) in [6, 6.07) is 0. The molecule has 0 amide bonds. The highest BCUT2D eigenvalue weighted by Crippen LogP contribution is 2.35. The Bertz CT molecular complexity index is 179. The third-order valence-corrected chi connectivity index (χ3v) is 4.77. The zero-order chi connectivity index (χ0) is 11.2. The lowest BCUT2D eigenvalue weighted by Crippen LogP contribution is -2.37. The molecule has 0 spiro atoms. The van der Waals surface area contributed by atoms with Crippen molar-refractivity contribution >= 4 is 0 Å². The predicted octanol–water partition coefficient (Wildman–Crippen LogP) is 2.53. The molecule has 2 heteroatoms. The van der Waals surface area contributed by atoms with Gasteiger partial charge in [0.05, 0.1) is 0 Å². The van der Waals surface area contributed by atoms with Crippen LogP contribution in [0.2, 0.25) is 0 Å². The summed E-state index contributed by atoms with van der Waals surface area (Å²) < 4.78 is 0. The van der Waals surface area contributed by atoms with Crippen LogP contribution >= 0.6 is 0 Å². The molecule has 0 radical (unpaired) electrons. The molecule has 1 saturated heterocycles. The SMILES string of the molecule is NCC(C1CCCCCC1)C1CCNCC1. The summed E-state index contributed by atoms with van der Waals surface area (Å²) >= 11 is 0. The number of rotatable bonds is 3. The van der Waals surface area contributed by atoms with Gasteiger partial charge < -0.3 is 11.1 Å². The number of hydrogen-bond donors (Lipinski definition) is 2. The minimum atomic E-state index is 0.820. The fourth-order valence-electron chi connectivity index (χ4n) is 3.78. The molecule has 0 bridgehead atoms. The summed E-state index contributed by atoms with van der Waals surface area (Å²) in [5, 5.41) is 3.47. The Morgan fingerprint density at radius 3 is 2.00 bits per heavy atom. The number of hydrogen-bond acceptors (Lipinski definition) is 2. The van der Waals surface area contributed by atoms with Gasteiger partial charge in [0.15, 0.2) is 0 Å². The second-order valence-electron chi connectivity index (χ2n) is 5.74. The molecule has 1 aliphatic carbocycles. The average molecular weight is 224 g/mol. The number of piperidine rings is 1. The van der Waals surface area contributed by atoms with Crippen LogP contribution in [0.25, 0.3) is 0 Å². The van der Waals surface area contributed by atoms with Gasteiger partial charge in [-0.05, 0) is 50.2 Å². The van der Waals surface area contributed by atoms with Crippen LogP contribution in [0.4, 0.5) is 0 Å². The molecular formula is C14H28N2. The third-order valence-electron chi connectivity index (χ3n) is 4.77. The van der Waals surface area contributed by atoms with E-state index < -0.39 is 0 Å². The van der Waals surface area contributed by atoms with Crippen LogP contribution in [0, 0.1) is 17.8 Å². The molecule has 2 rings (SSSR count). The van der Waals surface area contributed by atoms with Crippen molar-refractivity contribution < 1.29 is 0 Å². The second kappa shape index (κ2) is 6.61. The van der Waals surface area contributed by atoms with Gasteiger partial charge in [0.1, 0.15) is 0 Å². The maximum Gasteiger partial charge on any atom is -0.00435 e. The predicted molar refractivity (Wildman–Crippen MR) is 69.3 cm³/mol. The van der Waals surface area contributed by atoms with Gasteiger partial charge in [-0.25, -0.2) is 0 Å². The van der Waals surface area contributed by atoms with Crippen molar-refractivity contribution in [3.8, 4) is 0 Å². The summed E-state index contributed by atoms with van der Waals surface area (Å²) in [4.78, 5) is 0. The molecule has 0 aromatic rings. The Hall–Kier alpha value is -0.0800. The van der Waals surface area contributed by atoms with Crippen molar-refractivity contribution in [3.63, 3.8) is 0 Å². The molecule has 16 heavy (non-hydrogen) atoms. The zero-order valence-corrected chi connectivity index (χ0v) is 10.6. The molecule has 2 fully saturated rings. The number of nitrogens with two attached hydrogens (primary N) is 1. The van der Waals surface area contributed by atoms with E-state index in [0.717, 1.165) is 24.3 Å². The Morgan fingerprint density at radius 1 is 0.875 bits per heavy atom. The second-order valence-corrected chi connectivity index (χ2v) is 5.74. The van der Waals surface area contributed by atoms with E-state index in [2.05, 4.69) is 5.32 Å². The average Bonchev–Trinajstić information content (AvgIpc) is 2.61. The largest absolute Gasteiger partial charge is 0.330 e. The van der Waals surface area contributed by atoms with E-state index >= 15 is 0 Å². The third kappa shape index (κ3) is 3.21. The smallest absolute Gasteiger partial charge is 0.00435 e. The maximum absolute atomic E-state index is 6.07. The highest BCUT2D eigenvalue weighted by Gasteiger charge is 2.29. The van der Waals surface area contributed by atoms with E-state index in [0.29, 0.717) is 0 Å². The summed E-state index contributed by atoms with van der Waals surface area (Å²) in [5.41, 5.74) is 6.07. The first-order valence-electron chi connectivity index (χ1n) is 7.32. The fraction of sp³-hybridized carbons (Fsp3) is 1.00. The van der Waals surface area contributed by atoms with Crippen LogP contribution in [0.15, 0.2) is 0 Å². The van der Waals surface area contributed by atoms with Crippen molar-refractivity contribution in [3.05, 3.63) is 0 Å². The van der Waals surface area contributed by atoms with Gasteiger partial charge in [-0.1, -0.05) is 38.5 Å². The van der Waals surface area contributed by atoms with Gasteiger partial charge in [0.25, 0.3) is 0 Å². The summed E-state index contributed by atoms with van der Waals surface area (Å²) in [6.07, 6.45) is 11.4. The molecule has 3 N–H and O–H groups in total. The van der Waals surface area contributed by atoms with Crippen LogP contribution in [0.1, 0.15) is 51.4 Å². The van der Waals surface area contributed by atoms with Crippen LogP contribution in [-0.2, 0) is 0 Å². The van der Waals surface area contributed by atoms with Gasteiger partial charge in [-0.3, -0.25) is 0 Å². The summed E-state index contributed by atoms with van der Waals surface area (Å²) in [5.74, 6) is 2.67. The van der Waals surface area contributed by atoms with Crippen molar-refractivity contribution in [2.45, 2.75) is 51.4 Å². The van der Waals surface area contributed by atoms with Crippen molar-refractivity contribution in [2.24, 2.45) is 23.5 Å². The first kappa shape index (κ1) is 12.4. The standard InChI is InChI=1S/C14H28N2/c15-11-14(13-7-9-16-10-8-13)12-5-3-1-2-4-6-12/h12-14,16H,1-11,15H2. The van der Waals surface area contributed by atoms with Crippen molar-refractivity contribution in [1.82, 2.24) is 5.32 Å². The van der Waals surface area contributed by atoms with Gasteiger partial charge in [0.2, 0.25) is 0 Å². The first-order valence-corrected chi connectivity index (χ1v) is 7.32. The van der Waals surface area contributed by atoms with Crippen molar-refractivity contribution in [1.29, 1.82) is 0 Å². The van der Waals surface area contributed by atoms with E-state index in [1.165, 1.54) is 64.5 Å². The molecule has 2 aliphatic rings. The minimum absolute atomic E-state index is 0.820. The highest BCUT2D eigenvalue weighted by molar-refractivity contribution is 4.82. The van der Waals surface area contributed by atoms with Crippen LogP contribution in [0.5, 0.6) is 0 Å². The molecule has 0 aromatic heterocycles. The Labute approximate surface area is 100 Å². The molecule has 1 aliphatic heterocycles. The monoisotopic (exact) mass is 224 g/mol. The maximum atomic E-state index is 6.07. The molecule has 1 saturated carbocycles. The summed E-state index contributed by atoms with van der Waals surface area (Å²) in [6.45, 7) is 3.36. The molecule has 2 nitrogen and oxygen atoms in total. The molecule has 1 unspecified atom stereocenters. The molecule has 1 atom stereocenters. The Morgan fingerprint density at radius 2 is 1.44 bits per heavy atom. The number of nitrogens with one attached hydrogen (secondary N) is 1.